The van der Waals surface area contributed by atoms with E-state index in [-0.39, 0.29) is 6.04 Å². The van der Waals surface area contributed by atoms with Crippen LogP contribution < -0.4 is 4.72 Å². The molecular weight excluding hydrogens is 198 g/mol. The second-order valence-corrected chi connectivity index (χ2v) is 5.64. The first-order valence-electron chi connectivity index (χ1n) is 5.44. The predicted molar refractivity (Wildman–Crippen MR) is 60.7 cm³/mol. The van der Waals surface area contributed by atoms with E-state index in [4.69, 9.17) is 0 Å². The van der Waals surface area contributed by atoms with Crippen molar-refractivity contribution in [1.29, 1.82) is 0 Å². The van der Waals surface area contributed by atoms with Gasteiger partial charge in [-0.05, 0) is 18.8 Å². The minimum atomic E-state index is -3.00. The van der Waals surface area contributed by atoms with Gasteiger partial charge in [-0.15, -0.1) is 0 Å². The molecule has 0 radical (unpaired) electrons. The van der Waals surface area contributed by atoms with Crippen molar-refractivity contribution in [3.8, 4) is 0 Å². The monoisotopic (exact) mass is 221 g/mol. The number of rotatable bonds is 2. The van der Waals surface area contributed by atoms with Gasteiger partial charge in [0.1, 0.15) is 0 Å². The number of hydrogen-bond donors (Lipinski definition) is 1. The predicted octanol–water partition coefficient (Wildman–Crippen LogP) is 2.14. The van der Waals surface area contributed by atoms with Crippen molar-refractivity contribution in [3.05, 3.63) is 0 Å². The molecule has 1 fully saturated rings. The Kier molecular flexibility index (Phi) is 6.36. The zero-order valence-electron chi connectivity index (χ0n) is 9.71. The van der Waals surface area contributed by atoms with Crippen LogP contribution in [0.4, 0.5) is 0 Å². The van der Waals surface area contributed by atoms with E-state index >= 15 is 0 Å². The van der Waals surface area contributed by atoms with Crippen LogP contribution in [0.1, 0.15) is 46.5 Å². The summed E-state index contributed by atoms with van der Waals surface area (Å²) in [6.45, 7) is 6.18. The molecule has 0 spiro atoms. The van der Waals surface area contributed by atoms with E-state index in [1.165, 1.54) is 12.7 Å². The van der Waals surface area contributed by atoms with E-state index in [2.05, 4.69) is 11.6 Å². The number of sulfonamides is 1. The minimum Gasteiger partial charge on any atom is -0.213 e. The lowest BCUT2D eigenvalue weighted by Gasteiger charge is -2.26. The molecule has 0 aromatic heterocycles. The SMILES string of the molecule is CC.CC1CCCC(NS(C)(=O)=O)C1. The van der Waals surface area contributed by atoms with Gasteiger partial charge in [0, 0.05) is 6.04 Å². The molecule has 4 heteroatoms. The third-order valence-corrected chi connectivity index (χ3v) is 3.08. The number of nitrogens with one attached hydrogen (secondary N) is 1. The molecule has 2 atom stereocenters. The van der Waals surface area contributed by atoms with Crippen LogP contribution in [0.2, 0.25) is 0 Å². The van der Waals surface area contributed by atoms with E-state index in [0.29, 0.717) is 5.92 Å². The summed E-state index contributed by atoms with van der Waals surface area (Å²) >= 11 is 0. The van der Waals surface area contributed by atoms with Crippen molar-refractivity contribution in [3.63, 3.8) is 0 Å². The summed E-state index contributed by atoms with van der Waals surface area (Å²) in [5.74, 6) is 0.665. The summed E-state index contributed by atoms with van der Waals surface area (Å²) in [6.07, 6.45) is 5.60. The molecule has 0 aromatic rings. The molecule has 1 N–H and O–H groups in total. The summed E-state index contributed by atoms with van der Waals surface area (Å²) in [4.78, 5) is 0. The topological polar surface area (TPSA) is 46.2 Å². The van der Waals surface area contributed by atoms with Crippen molar-refractivity contribution >= 4 is 10.0 Å². The van der Waals surface area contributed by atoms with Gasteiger partial charge in [-0.1, -0.05) is 33.6 Å². The van der Waals surface area contributed by atoms with Crippen molar-refractivity contribution in [2.24, 2.45) is 5.92 Å². The van der Waals surface area contributed by atoms with Gasteiger partial charge >= 0.3 is 0 Å². The van der Waals surface area contributed by atoms with Crippen molar-refractivity contribution < 1.29 is 8.42 Å². The Morgan fingerprint density at radius 3 is 2.21 bits per heavy atom. The smallest absolute Gasteiger partial charge is 0.208 e. The Hall–Kier alpha value is -0.0900. The molecule has 2 unspecified atom stereocenters. The largest absolute Gasteiger partial charge is 0.213 e. The molecule has 0 aliphatic heterocycles. The lowest BCUT2D eigenvalue weighted by atomic mass is 9.88. The molecule has 1 saturated carbocycles. The van der Waals surface area contributed by atoms with Crippen LogP contribution in [0.3, 0.4) is 0 Å². The minimum absolute atomic E-state index is 0.184. The Morgan fingerprint density at radius 1 is 1.21 bits per heavy atom. The van der Waals surface area contributed by atoms with Crippen LogP contribution in [0, 0.1) is 5.92 Å². The van der Waals surface area contributed by atoms with Crippen LogP contribution in [-0.4, -0.2) is 20.7 Å². The lowest BCUT2D eigenvalue weighted by molar-refractivity contribution is 0.328. The van der Waals surface area contributed by atoms with Gasteiger partial charge in [0.2, 0.25) is 10.0 Å². The molecule has 86 valence electrons. The molecule has 14 heavy (non-hydrogen) atoms. The first-order chi connectivity index (χ1) is 6.47. The maximum atomic E-state index is 10.9. The first kappa shape index (κ1) is 13.9. The van der Waals surface area contributed by atoms with Gasteiger partial charge in [-0.3, -0.25) is 0 Å². The standard InChI is InChI=1S/C8H17NO2S.C2H6/c1-7-4-3-5-8(6-7)9-12(2,10)11;1-2/h7-9H,3-6H2,1-2H3;1-2H3. The quantitative estimate of drug-likeness (QED) is 0.776. The Bertz CT molecular complexity index is 237. The van der Waals surface area contributed by atoms with E-state index in [0.717, 1.165) is 19.3 Å². The summed E-state index contributed by atoms with van der Waals surface area (Å²) in [5.41, 5.74) is 0. The highest BCUT2D eigenvalue weighted by molar-refractivity contribution is 7.88. The van der Waals surface area contributed by atoms with Gasteiger partial charge in [0.15, 0.2) is 0 Å². The van der Waals surface area contributed by atoms with Gasteiger partial charge < -0.3 is 0 Å². The zero-order valence-corrected chi connectivity index (χ0v) is 10.5. The summed E-state index contributed by atoms with van der Waals surface area (Å²) < 4.78 is 24.5. The third kappa shape index (κ3) is 6.38. The highest BCUT2D eigenvalue weighted by Crippen LogP contribution is 2.23. The van der Waals surface area contributed by atoms with E-state index in [1.54, 1.807) is 0 Å². The lowest BCUT2D eigenvalue weighted by Crippen LogP contribution is -2.37. The molecule has 0 saturated heterocycles. The number of hydrogen-bond acceptors (Lipinski definition) is 2. The van der Waals surface area contributed by atoms with Crippen LogP contribution in [0.15, 0.2) is 0 Å². The second-order valence-electron chi connectivity index (χ2n) is 3.86. The highest BCUT2D eigenvalue weighted by atomic mass is 32.2. The molecular formula is C10H23NO2S. The van der Waals surface area contributed by atoms with E-state index in [9.17, 15) is 8.42 Å². The normalized spacial score (nSPS) is 27.7. The molecule has 1 rings (SSSR count). The van der Waals surface area contributed by atoms with Crippen molar-refractivity contribution in [2.45, 2.75) is 52.5 Å². The van der Waals surface area contributed by atoms with Gasteiger partial charge in [0.05, 0.1) is 6.26 Å². The molecule has 3 nitrogen and oxygen atoms in total. The van der Waals surface area contributed by atoms with Crippen molar-refractivity contribution in [1.82, 2.24) is 4.72 Å². The fraction of sp³-hybridized carbons (Fsp3) is 1.00. The summed E-state index contributed by atoms with van der Waals surface area (Å²) in [6, 6.07) is 0.184. The Morgan fingerprint density at radius 2 is 1.79 bits per heavy atom. The van der Waals surface area contributed by atoms with Crippen LogP contribution >= 0.6 is 0 Å². The average Bonchev–Trinajstić information content (AvgIpc) is 2.04. The van der Waals surface area contributed by atoms with Crippen molar-refractivity contribution in [2.75, 3.05) is 6.26 Å². The molecule has 0 amide bonds. The second kappa shape index (κ2) is 6.40. The summed E-state index contributed by atoms with van der Waals surface area (Å²) in [7, 11) is -3.00. The van der Waals surface area contributed by atoms with E-state index in [1.807, 2.05) is 13.8 Å². The Labute approximate surface area is 88.3 Å². The molecule has 1 aliphatic rings. The van der Waals surface area contributed by atoms with Crippen LogP contribution in [-0.2, 0) is 10.0 Å². The van der Waals surface area contributed by atoms with Gasteiger partial charge in [0.25, 0.3) is 0 Å². The first-order valence-corrected chi connectivity index (χ1v) is 7.34. The maximum Gasteiger partial charge on any atom is 0.208 e. The summed E-state index contributed by atoms with van der Waals surface area (Å²) in [5, 5.41) is 0. The maximum absolute atomic E-state index is 10.9. The molecule has 0 aromatic carbocycles. The zero-order chi connectivity index (χ0) is 11.2. The Balaban J connectivity index is 0.000000791. The van der Waals surface area contributed by atoms with E-state index < -0.39 is 10.0 Å². The fourth-order valence-corrected chi connectivity index (χ4v) is 2.66. The highest BCUT2D eigenvalue weighted by Gasteiger charge is 2.20. The van der Waals surface area contributed by atoms with Crippen LogP contribution in [0.5, 0.6) is 0 Å². The van der Waals surface area contributed by atoms with Crippen LogP contribution in [0.25, 0.3) is 0 Å². The van der Waals surface area contributed by atoms with Gasteiger partial charge in [-0.2, -0.15) is 0 Å². The molecule has 1 aliphatic carbocycles. The third-order valence-electron chi connectivity index (χ3n) is 2.32. The molecule has 0 heterocycles. The fourth-order valence-electron chi connectivity index (χ4n) is 1.84. The molecule has 0 bridgehead atoms. The average molecular weight is 221 g/mol. The van der Waals surface area contributed by atoms with Gasteiger partial charge in [-0.25, -0.2) is 13.1 Å².